The molecule has 0 radical (unpaired) electrons. The molecule has 6 heteroatoms. The second kappa shape index (κ2) is 7.35. The highest BCUT2D eigenvalue weighted by Gasteiger charge is 2.34. The Morgan fingerprint density at radius 1 is 1.24 bits per heavy atom. The number of amides is 1. The minimum atomic E-state index is -1.98. The smallest absolute Gasteiger partial charge is 0.221 e. The van der Waals surface area contributed by atoms with Crippen LogP contribution in [0.1, 0.15) is 12.0 Å². The van der Waals surface area contributed by atoms with Crippen molar-refractivity contribution in [3.63, 3.8) is 0 Å². The molecule has 0 bridgehead atoms. The minimum Gasteiger partial charge on any atom is -0.452 e. The van der Waals surface area contributed by atoms with Gasteiger partial charge in [-0.05, 0) is 55.9 Å². The molecular formula is C15H28N2O2Si2. The van der Waals surface area contributed by atoms with Gasteiger partial charge in [0.1, 0.15) is 0 Å². The summed E-state index contributed by atoms with van der Waals surface area (Å²) in [6.45, 7) is 9.66. The lowest BCUT2D eigenvalue weighted by molar-refractivity contribution is -0.117. The average molecular weight is 325 g/mol. The van der Waals surface area contributed by atoms with Crippen molar-refractivity contribution in [3.05, 3.63) is 29.8 Å². The van der Waals surface area contributed by atoms with E-state index in [0.29, 0.717) is 0 Å². The molecule has 21 heavy (non-hydrogen) atoms. The van der Waals surface area contributed by atoms with Gasteiger partial charge in [-0.1, -0.05) is 24.3 Å². The third-order valence-electron chi connectivity index (χ3n) is 3.51. The van der Waals surface area contributed by atoms with Gasteiger partial charge in [-0.15, -0.1) is 0 Å². The van der Waals surface area contributed by atoms with Crippen molar-refractivity contribution in [3.8, 4) is 0 Å². The summed E-state index contributed by atoms with van der Waals surface area (Å²) in [6.07, 6.45) is 1.30. The maximum atomic E-state index is 11.1. The lowest BCUT2D eigenvalue weighted by atomic mass is 10.1. The maximum absolute atomic E-state index is 11.1. The van der Waals surface area contributed by atoms with Crippen LogP contribution in [0, 0.1) is 0 Å². The van der Waals surface area contributed by atoms with Gasteiger partial charge in [0.05, 0.1) is 6.42 Å². The Hall–Kier alpha value is -0.956. The van der Waals surface area contributed by atoms with Gasteiger partial charge in [-0.25, -0.2) is 0 Å². The normalized spacial score (nSPS) is 12.4. The van der Waals surface area contributed by atoms with E-state index >= 15 is 0 Å². The van der Waals surface area contributed by atoms with Crippen molar-refractivity contribution in [2.45, 2.75) is 45.1 Å². The van der Waals surface area contributed by atoms with Crippen molar-refractivity contribution in [2.24, 2.45) is 11.5 Å². The molecule has 0 atom stereocenters. The second-order valence-electron chi connectivity index (χ2n) is 6.61. The van der Waals surface area contributed by atoms with Crippen molar-refractivity contribution in [1.82, 2.24) is 0 Å². The van der Waals surface area contributed by atoms with Gasteiger partial charge in [0.25, 0.3) is 0 Å². The van der Waals surface area contributed by atoms with Crippen LogP contribution in [-0.2, 0) is 15.3 Å². The largest absolute Gasteiger partial charge is 0.452 e. The number of carbonyl (C=O) groups excluding carboxylic acids is 1. The first-order valence-corrected chi connectivity index (χ1v) is 13.5. The fraction of sp³-hybridized carbons (Fsp3) is 0.533. The number of hydrogen-bond acceptors (Lipinski definition) is 3. The molecule has 1 rings (SSSR count). The SMILES string of the molecule is C[Si](C)(CCCN)O[Si](C)(C)c1cccc(CC(N)=O)c1. The summed E-state index contributed by atoms with van der Waals surface area (Å²) >= 11 is 0. The molecule has 0 saturated heterocycles. The molecule has 1 aromatic rings. The molecule has 1 aromatic carbocycles. The monoisotopic (exact) mass is 324 g/mol. The molecule has 1 amide bonds. The summed E-state index contributed by atoms with van der Waals surface area (Å²) in [4.78, 5) is 11.1. The molecule has 0 saturated carbocycles. The highest BCUT2D eigenvalue weighted by molar-refractivity contribution is 6.92. The Bertz CT molecular complexity index is 490. The maximum Gasteiger partial charge on any atom is 0.221 e. The van der Waals surface area contributed by atoms with E-state index in [4.69, 9.17) is 15.6 Å². The zero-order valence-corrected chi connectivity index (χ0v) is 15.6. The van der Waals surface area contributed by atoms with Crippen molar-refractivity contribution < 1.29 is 8.91 Å². The number of primary amides is 1. The third-order valence-corrected chi connectivity index (χ3v) is 11.0. The molecule has 0 aliphatic rings. The van der Waals surface area contributed by atoms with E-state index in [9.17, 15) is 4.79 Å². The molecular weight excluding hydrogens is 296 g/mol. The van der Waals surface area contributed by atoms with E-state index in [0.717, 1.165) is 24.6 Å². The quantitative estimate of drug-likeness (QED) is 0.714. The lowest BCUT2D eigenvalue weighted by Gasteiger charge is -2.34. The van der Waals surface area contributed by atoms with E-state index in [1.165, 1.54) is 5.19 Å². The molecule has 0 aromatic heterocycles. The van der Waals surface area contributed by atoms with Crippen LogP contribution in [0.4, 0.5) is 0 Å². The first-order chi connectivity index (χ1) is 9.66. The van der Waals surface area contributed by atoms with E-state index in [1.54, 1.807) is 0 Å². The molecule has 0 aliphatic carbocycles. The summed E-state index contributed by atoms with van der Waals surface area (Å²) in [6, 6.07) is 9.19. The molecule has 4 nitrogen and oxygen atoms in total. The van der Waals surface area contributed by atoms with Crippen LogP contribution >= 0.6 is 0 Å². The number of benzene rings is 1. The number of hydrogen-bond donors (Lipinski definition) is 2. The fourth-order valence-electron chi connectivity index (χ4n) is 2.59. The zero-order chi connectivity index (χ0) is 16.1. The molecule has 0 aliphatic heterocycles. The predicted molar refractivity (Wildman–Crippen MR) is 93.5 cm³/mol. The van der Waals surface area contributed by atoms with E-state index in [-0.39, 0.29) is 12.3 Å². The van der Waals surface area contributed by atoms with Gasteiger partial charge in [-0.2, -0.15) is 0 Å². The Morgan fingerprint density at radius 2 is 1.90 bits per heavy atom. The van der Waals surface area contributed by atoms with Crippen LogP contribution in [0.15, 0.2) is 24.3 Å². The van der Waals surface area contributed by atoms with E-state index in [1.807, 2.05) is 12.1 Å². The van der Waals surface area contributed by atoms with Crippen LogP contribution in [0.3, 0.4) is 0 Å². The highest BCUT2D eigenvalue weighted by Crippen LogP contribution is 2.20. The minimum absolute atomic E-state index is 0.284. The molecule has 118 valence electrons. The van der Waals surface area contributed by atoms with Gasteiger partial charge >= 0.3 is 0 Å². The van der Waals surface area contributed by atoms with Gasteiger partial charge in [0, 0.05) is 0 Å². The molecule has 4 N–H and O–H groups in total. The number of nitrogens with two attached hydrogens (primary N) is 2. The molecule has 0 heterocycles. The van der Waals surface area contributed by atoms with Crippen LogP contribution in [0.2, 0.25) is 32.2 Å². The zero-order valence-electron chi connectivity index (χ0n) is 13.6. The average Bonchev–Trinajstić information content (AvgIpc) is 2.35. The Morgan fingerprint density at radius 3 is 2.48 bits per heavy atom. The van der Waals surface area contributed by atoms with Crippen molar-refractivity contribution in [1.29, 1.82) is 0 Å². The summed E-state index contributed by atoms with van der Waals surface area (Å²) in [5.41, 5.74) is 11.9. The molecule has 0 unspecified atom stereocenters. The van der Waals surface area contributed by atoms with Gasteiger partial charge < -0.3 is 15.6 Å². The standard InChI is InChI=1S/C15H28N2O2Si2/c1-20(2,10-6-9-16)19-21(3,4)14-8-5-7-13(11-14)12-15(17)18/h5,7-8,11H,6,9-10,12,16H2,1-4H3,(H2,17,18). The van der Waals surface area contributed by atoms with E-state index in [2.05, 4.69) is 38.3 Å². The highest BCUT2D eigenvalue weighted by atomic mass is 28.4. The van der Waals surface area contributed by atoms with Gasteiger partial charge in [-0.3, -0.25) is 4.79 Å². The summed E-state index contributed by atoms with van der Waals surface area (Å²) in [7, 11) is -3.68. The van der Waals surface area contributed by atoms with Gasteiger partial charge in [0.15, 0.2) is 8.32 Å². The Kier molecular flexibility index (Phi) is 6.33. The summed E-state index contributed by atoms with van der Waals surface area (Å²) in [5.74, 6) is -0.301. The molecule has 0 fully saturated rings. The lowest BCUT2D eigenvalue weighted by Crippen LogP contribution is -2.52. The first kappa shape index (κ1) is 18.1. The van der Waals surface area contributed by atoms with Crippen LogP contribution in [0.25, 0.3) is 0 Å². The van der Waals surface area contributed by atoms with Crippen LogP contribution in [-0.4, -0.2) is 29.1 Å². The first-order valence-electron chi connectivity index (χ1n) is 7.44. The predicted octanol–water partition coefficient (Wildman–Crippen LogP) is 1.70. The second-order valence-corrected chi connectivity index (χ2v) is 15.0. The summed E-state index contributed by atoms with van der Waals surface area (Å²) < 4.78 is 6.58. The van der Waals surface area contributed by atoms with Crippen LogP contribution < -0.4 is 16.7 Å². The number of rotatable bonds is 8. The van der Waals surface area contributed by atoms with Crippen molar-refractivity contribution in [2.75, 3.05) is 6.54 Å². The summed E-state index contributed by atoms with van der Waals surface area (Å²) in [5, 5.41) is 1.22. The topological polar surface area (TPSA) is 78.3 Å². The third kappa shape index (κ3) is 6.13. The molecule has 0 spiro atoms. The Labute approximate surface area is 130 Å². The fourth-order valence-corrected chi connectivity index (χ4v) is 11.1. The number of carbonyl (C=O) groups is 1. The van der Waals surface area contributed by atoms with Crippen molar-refractivity contribution >= 4 is 27.7 Å². The Balaban J connectivity index is 2.88. The van der Waals surface area contributed by atoms with Gasteiger partial charge in [0.2, 0.25) is 14.2 Å². The van der Waals surface area contributed by atoms with Crippen LogP contribution in [0.5, 0.6) is 0 Å². The van der Waals surface area contributed by atoms with E-state index < -0.39 is 16.6 Å².